The maximum atomic E-state index is 6.24. The maximum Gasteiger partial charge on any atom is 0.0638 e. The molecule has 3 nitrogen and oxygen atoms in total. The van der Waals surface area contributed by atoms with Gasteiger partial charge in [0.15, 0.2) is 0 Å². The van der Waals surface area contributed by atoms with Crippen LogP contribution < -0.4 is 5.32 Å². The van der Waals surface area contributed by atoms with Crippen LogP contribution in [0.1, 0.15) is 30.1 Å². The minimum absolute atomic E-state index is 0.296. The smallest absolute Gasteiger partial charge is 0.0638 e. The molecule has 1 aliphatic rings. The fourth-order valence-electron chi connectivity index (χ4n) is 2.65. The molecule has 1 unspecified atom stereocenters. The summed E-state index contributed by atoms with van der Waals surface area (Å²) in [5, 5.41) is 8.66. The molecule has 0 bridgehead atoms. The van der Waals surface area contributed by atoms with Crippen molar-refractivity contribution in [3.63, 3.8) is 0 Å². The molecule has 100 valence electrons. The van der Waals surface area contributed by atoms with Crippen molar-refractivity contribution in [2.75, 3.05) is 5.32 Å². The Hall–Kier alpha value is -1.000. The Morgan fingerprint density at radius 3 is 3.16 bits per heavy atom. The molecule has 1 aliphatic carbocycles. The number of hydrogen-bond donors (Lipinski definition) is 1. The number of benzene rings is 1. The van der Waals surface area contributed by atoms with E-state index in [1.54, 1.807) is 0 Å². The Balaban J connectivity index is 1.90. The van der Waals surface area contributed by atoms with Gasteiger partial charge in [0.1, 0.15) is 0 Å². The van der Waals surface area contributed by atoms with Gasteiger partial charge in [0, 0.05) is 22.8 Å². The molecule has 1 heterocycles. The van der Waals surface area contributed by atoms with Crippen LogP contribution in [0.25, 0.3) is 0 Å². The predicted octanol–water partition coefficient (Wildman–Crippen LogP) is 4.33. The normalized spacial score (nSPS) is 18.2. The van der Waals surface area contributed by atoms with Gasteiger partial charge in [-0.15, -0.1) is 0 Å². The van der Waals surface area contributed by atoms with Gasteiger partial charge in [-0.3, -0.25) is 4.68 Å². The Labute approximate surface area is 126 Å². The Morgan fingerprint density at radius 2 is 2.32 bits per heavy atom. The van der Waals surface area contributed by atoms with Crippen LogP contribution in [-0.4, -0.2) is 9.78 Å². The molecule has 0 aliphatic heterocycles. The molecular weight excluding hydrogens is 326 g/mol. The zero-order valence-electron chi connectivity index (χ0n) is 10.7. The van der Waals surface area contributed by atoms with Gasteiger partial charge in [0.05, 0.1) is 22.9 Å². The molecule has 2 aromatic rings. The maximum absolute atomic E-state index is 6.24. The predicted molar refractivity (Wildman–Crippen MR) is 81.7 cm³/mol. The van der Waals surface area contributed by atoms with Crippen LogP contribution in [-0.2, 0) is 13.5 Å². The number of rotatable bonds is 2. The van der Waals surface area contributed by atoms with Gasteiger partial charge >= 0.3 is 0 Å². The van der Waals surface area contributed by atoms with E-state index in [1.807, 2.05) is 36.1 Å². The first-order chi connectivity index (χ1) is 9.15. The minimum atomic E-state index is 0.296. The minimum Gasteiger partial charge on any atom is -0.377 e. The van der Waals surface area contributed by atoms with Gasteiger partial charge in [0.25, 0.3) is 0 Å². The molecule has 1 N–H and O–H groups in total. The lowest BCUT2D eigenvalue weighted by atomic mass is 9.93. The van der Waals surface area contributed by atoms with Gasteiger partial charge in [-0.25, -0.2) is 0 Å². The fraction of sp³-hybridized carbons (Fsp3) is 0.357. The molecule has 1 atom stereocenters. The van der Waals surface area contributed by atoms with Crippen LogP contribution >= 0.6 is 27.5 Å². The van der Waals surface area contributed by atoms with Crippen molar-refractivity contribution in [3.05, 3.63) is 45.1 Å². The molecule has 0 radical (unpaired) electrons. The first kappa shape index (κ1) is 13.0. The number of aromatic nitrogens is 2. The lowest BCUT2D eigenvalue weighted by molar-refractivity contribution is 0.571. The highest BCUT2D eigenvalue weighted by molar-refractivity contribution is 9.10. The SMILES string of the molecule is Cn1ncc2c1CCCC2Nc1cc(Br)ccc1Cl. The standard InChI is InChI=1S/C14H15BrClN3/c1-19-14-4-2-3-12(10(14)8-17-19)18-13-7-9(15)5-6-11(13)16/h5-8,12,18H,2-4H2,1H3. The second kappa shape index (κ2) is 5.17. The third-order valence-corrected chi connectivity index (χ3v) is 4.46. The summed E-state index contributed by atoms with van der Waals surface area (Å²) >= 11 is 9.73. The monoisotopic (exact) mass is 339 g/mol. The highest BCUT2D eigenvalue weighted by atomic mass is 79.9. The summed E-state index contributed by atoms with van der Waals surface area (Å²) in [6.07, 6.45) is 5.37. The van der Waals surface area contributed by atoms with Crippen molar-refractivity contribution >= 4 is 33.2 Å². The first-order valence-electron chi connectivity index (χ1n) is 6.37. The van der Waals surface area contributed by atoms with Gasteiger partial charge < -0.3 is 5.32 Å². The van der Waals surface area contributed by atoms with Crippen molar-refractivity contribution in [2.24, 2.45) is 7.05 Å². The van der Waals surface area contributed by atoms with E-state index in [0.717, 1.165) is 28.0 Å². The average molecular weight is 341 g/mol. The van der Waals surface area contributed by atoms with Crippen LogP contribution in [0, 0.1) is 0 Å². The zero-order chi connectivity index (χ0) is 13.4. The summed E-state index contributed by atoms with van der Waals surface area (Å²) in [4.78, 5) is 0. The van der Waals surface area contributed by atoms with E-state index in [0.29, 0.717) is 6.04 Å². The van der Waals surface area contributed by atoms with E-state index in [1.165, 1.54) is 17.7 Å². The molecule has 1 aromatic heterocycles. The number of anilines is 1. The van der Waals surface area contributed by atoms with Crippen LogP contribution in [0.3, 0.4) is 0 Å². The molecule has 0 saturated heterocycles. The number of aryl methyl sites for hydroxylation is 1. The second-order valence-corrected chi connectivity index (χ2v) is 6.21. The highest BCUT2D eigenvalue weighted by Crippen LogP contribution is 2.35. The summed E-state index contributed by atoms with van der Waals surface area (Å²) in [6, 6.07) is 6.17. The van der Waals surface area contributed by atoms with E-state index >= 15 is 0 Å². The molecular formula is C14H15BrClN3. The molecule has 0 amide bonds. The molecule has 1 aromatic carbocycles. The summed E-state index contributed by atoms with van der Waals surface area (Å²) in [7, 11) is 2.01. The second-order valence-electron chi connectivity index (χ2n) is 4.88. The number of hydrogen-bond acceptors (Lipinski definition) is 2. The molecule has 3 rings (SSSR count). The summed E-state index contributed by atoms with van der Waals surface area (Å²) in [5.74, 6) is 0. The van der Waals surface area contributed by atoms with E-state index in [-0.39, 0.29) is 0 Å². The lowest BCUT2D eigenvalue weighted by Gasteiger charge is -2.25. The van der Waals surface area contributed by atoms with Crippen LogP contribution in [0.5, 0.6) is 0 Å². The van der Waals surface area contributed by atoms with Crippen molar-refractivity contribution in [2.45, 2.75) is 25.3 Å². The van der Waals surface area contributed by atoms with Crippen molar-refractivity contribution < 1.29 is 0 Å². The quantitative estimate of drug-likeness (QED) is 0.882. The van der Waals surface area contributed by atoms with Gasteiger partial charge in [-0.2, -0.15) is 5.10 Å². The molecule has 0 saturated carbocycles. The average Bonchev–Trinajstić information content (AvgIpc) is 2.77. The van der Waals surface area contributed by atoms with E-state index < -0.39 is 0 Å². The third-order valence-electron chi connectivity index (χ3n) is 3.63. The Bertz CT molecular complexity index is 609. The van der Waals surface area contributed by atoms with Gasteiger partial charge in [-0.05, 0) is 37.5 Å². The fourth-order valence-corrected chi connectivity index (χ4v) is 3.19. The zero-order valence-corrected chi connectivity index (χ0v) is 13.0. The molecule has 0 fully saturated rings. The van der Waals surface area contributed by atoms with Crippen molar-refractivity contribution in [1.29, 1.82) is 0 Å². The summed E-state index contributed by atoms with van der Waals surface area (Å²) in [5.41, 5.74) is 3.59. The Kier molecular flexibility index (Phi) is 3.54. The highest BCUT2D eigenvalue weighted by Gasteiger charge is 2.23. The number of nitrogens with one attached hydrogen (secondary N) is 1. The van der Waals surface area contributed by atoms with E-state index in [2.05, 4.69) is 26.3 Å². The van der Waals surface area contributed by atoms with Crippen LogP contribution in [0.15, 0.2) is 28.9 Å². The topological polar surface area (TPSA) is 29.9 Å². The van der Waals surface area contributed by atoms with E-state index in [4.69, 9.17) is 11.6 Å². The third kappa shape index (κ3) is 2.51. The number of halogens is 2. The van der Waals surface area contributed by atoms with E-state index in [9.17, 15) is 0 Å². The molecule has 19 heavy (non-hydrogen) atoms. The summed E-state index contributed by atoms with van der Waals surface area (Å²) < 4.78 is 3.01. The first-order valence-corrected chi connectivity index (χ1v) is 7.54. The van der Waals surface area contributed by atoms with Crippen LogP contribution in [0.4, 0.5) is 5.69 Å². The summed E-state index contributed by atoms with van der Waals surface area (Å²) in [6.45, 7) is 0. The number of fused-ring (bicyclic) bond motifs is 1. The van der Waals surface area contributed by atoms with Gasteiger partial charge in [0.2, 0.25) is 0 Å². The largest absolute Gasteiger partial charge is 0.377 e. The van der Waals surface area contributed by atoms with Crippen LogP contribution in [0.2, 0.25) is 5.02 Å². The van der Waals surface area contributed by atoms with Crippen molar-refractivity contribution in [1.82, 2.24) is 9.78 Å². The van der Waals surface area contributed by atoms with Gasteiger partial charge in [-0.1, -0.05) is 27.5 Å². The lowest BCUT2D eigenvalue weighted by Crippen LogP contribution is -2.18. The molecule has 5 heteroatoms. The number of nitrogens with zero attached hydrogens (tertiary/aromatic N) is 2. The van der Waals surface area contributed by atoms with Crippen molar-refractivity contribution in [3.8, 4) is 0 Å². The molecule has 0 spiro atoms. The Morgan fingerprint density at radius 1 is 1.47 bits per heavy atom.